The second kappa shape index (κ2) is 9.84. The molecule has 0 unspecified atom stereocenters. The third kappa shape index (κ3) is 4.60. The molecule has 2 N–H and O–H groups in total. The molecule has 0 radical (unpaired) electrons. The Bertz CT molecular complexity index is 1870. The molecule has 0 bridgehead atoms. The van der Waals surface area contributed by atoms with Gasteiger partial charge in [-0.05, 0) is 36.4 Å². The van der Waals surface area contributed by atoms with Crippen LogP contribution >= 0.6 is 11.6 Å². The normalized spacial score (nSPS) is 11.1. The summed E-state index contributed by atoms with van der Waals surface area (Å²) >= 11 is 6.59. The van der Waals surface area contributed by atoms with Gasteiger partial charge in [0, 0.05) is 34.5 Å². The van der Waals surface area contributed by atoms with Crippen LogP contribution in [0.1, 0.15) is 5.56 Å². The molecule has 0 saturated carbocycles. The van der Waals surface area contributed by atoms with Crippen molar-refractivity contribution >= 4 is 45.3 Å². The van der Waals surface area contributed by atoms with Gasteiger partial charge in [-0.1, -0.05) is 48.0 Å². The summed E-state index contributed by atoms with van der Waals surface area (Å²) in [7, 11) is 0. The molecule has 0 spiro atoms. The number of fused-ring (bicyclic) bond motifs is 2. The number of carbonyl (C=O) groups excluding carboxylic acids is 1. The molecule has 0 atom stereocenters. The molecule has 0 aliphatic rings. The van der Waals surface area contributed by atoms with Crippen LogP contribution in [0.3, 0.4) is 0 Å². The maximum absolute atomic E-state index is 12.9. The van der Waals surface area contributed by atoms with Gasteiger partial charge in [-0.15, -0.1) is 0 Å². The number of hydrogen-bond donors (Lipinski definition) is 2. The summed E-state index contributed by atoms with van der Waals surface area (Å²) < 4.78 is 0. The maximum atomic E-state index is 12.9. The van der Waals surface area contributed by atoms with Gasteiger partial charge in [-0.25, -0.2) is 9.97 Å². The van der Waals surface area contributed by atoms with E-state index in [0.717, 1.165) is 16.5 Å². The topological polar surface area (TPSA) is 114 Å². The van der Waals surface area contributed by atoms with E-state index >= 15 is 0 Å². The zero-order valence-corrected chi connectivity index (χ0v) is 20.6. The lowest BCUT2D eigenvalue weighted by atomic mass is 10.0. The number of anilines is 1. The van der Waals surface area contributed by atoms with Gasteiger partial charge >= 0.3 is 0 Å². The summed E-state index contributed by atoms with van der Waals surface area (Å²) in [5, 5.41) is 4.11. The Balaban J connectivity index is 1.48. The van der Waals surface area contributed by atoms with Crippen molar-refractivity contribution in [2.45, 2.75) is 6.42 Å². The van der Waals surface area contributed by atoms with Gasteiger partial charge in [0.2, 0.25) is 5.91 Å². The number of benzene rings is 2. The van der Waals surface area contributed by atoms with Gasteiger partial charge in [-0.3, -0.25) is 19.6 Å². The quantitative estimate of drug-likeness (QED) is 0.314. The van der Waals surface area contributed by atoms with Gasteiger partial charge in [0.25, 0.3) is 5.56 Å². The Kier molecular flexibility index (Phi) is 6.07. The fourth-order valence-corrected chi connectivity index (χ4v) is 4.56. The minimum atomic E-state index is -0.403. The number of nitrogens with one attached hydrogen (secondary N) is 2. The number of amides is 1. The van der Waals surface area contributed by atoms with E-state index in [4.69, 9.17) is 21.6 Å². The number of aromatic nitrogens is 5. The van der Waals surface area contributed by atoms with E-state index in [1.165, 1.54) is 6.20 Å². The van der Waals surface area contributed by atoms with Crippen molar-refractivity contribution in [2.75, 3.05) is 5.32 Å². The number of rotatable bonds is 5. The molecule has 0 saturated heterocycles. The van der Waals surface area contributed by atoms with E-state index in [1.54, 1.807) is 30.6 Å². The van der Waals surface area contributed by atoms with Crippen LogP contribution in [0.5, 0.6) is 0 Å². The zero-order chi connectivity index (χ0) is 26.1. The van der Waals surface area contributed by atoms with Crippen molar-refractivity contribution in [1.29, 1.82) is 0 Å². The van der Waals surface area contributed by atoms with Crippen molar-refractivity contribution in [3.05, 3.63) is 112 Å². The molecule has 6 rings (SSSR count). The van der Waals surface area contributed by atoms with E-state index < -0.39 is 5.56 Å². The molecule has 0 aliphatic carbocycles. The Morgan fingerprint density at radius 1 is 0.895 bits per heavy atom. The second-order valence-corrected chi connectivity index (χ2v) is 9.05. The Hall–Kier alpha value is -4.95. The number of nitrogens with zero attached hydrogens (tertiary/aromatic N) is 4. The summed E-state index contributed by atoms with van der Waals surface area (Å²) in [6.45, 7) is 0. The minimum absolute atomic E-state index is 0.134. The van der Waals surface area contributed by atoms with Gasteiger partial charge < -0.3 is 10.3 Å². The van der Waals surface area contributed by atoms with Gasteiger partial charge in [0.15, 0.2) is 5.65 Å². The smallest absolute Gasteiger partial charge is 0.253 e. The molecule has 4 heterocycles. The third-order valence-corrected chi connectivity index (χ3v) is 6.32. The van der Waals surface area contributed by atoms with E-state index in [9.17, 15) is 9.59 Å². The van der Waals surface area contributed by atoms with Crippen LogP contribution in [0.2, 0.25) is 5.02 Å². The van der Waals surface area contributed by atoms with E-state index in [0.29, 0.717) is 38.8 Å². The van der Waals surface area contributed by atoms with Crippen LogP contribution < -0.4 is 10.9 Å². The molecule has 1 amide bonds. The average molecular weight is 519 g/mol. The fourth-order valence-electron chi connectivity index (χ4n) is 4.29. The monoisotopic (exact) mass is 518 g/mol. The fraction of sp³-hybridized carbons (Fsp3) is 0.0345. The molecule has 8 nitrogen and oxygen atoms in total. The van der Waals surface area contributed by atoms with Gasteiger partial charge in [-0.2, -0.15) is 0 Å². The maximum Gasteiger partial charge on any atom is 0.253 e. The van der Waals surface area contributed by atoms with Crippen LogP contribution in [-0.2, 0) is 11.2 Å². The lowest BCUT2D eigenvalue weighted by molar-refractivity contribution is -0.115. The molecule has 6 aromatic rings. The zero-order valence-electron chi connectivity index (χ0n) is 19.9. The second-order valence-electron chi connectivity index (χ2n) is 8.64. The first-order valence-corrected chi connectivity index (χ1v) is 12.2. The van der Waals surface area contributed by atoms with Crippen molar-refractivity contribution in [2.24, 2.45) is 0 Å². The predicted octanol–water partition coefficient (Wildman–Crippen LogP) is 5.43. The summed E-state index contributed by atoms with van der Waals surface area (Å²) in [5.74, 6) is -0.342. The van der Waals surface area contributed by atoms with Crippen molar-refractivity contribution in [3.8, 4) is 22.5 Å². The molecule has 0 aliphatic heterocycles. The number of pyridine rings is 3. The molecular formula is C29H19ClN6O2. The van der Waals surface area contributed by atoms with Crippen molar-refractivity contribution in [1.82, 2.24) is 24.9 Å². The molecule has 9 heteroatoms. The Labute approximate surface area is 221 Å². The molecule has 38 heavy (non-hydrogen) atoms. The third-order valence-electron chi connectivity index (χ3n) is 6.03. The number of H-pyrrole nitrogens is 1. The molecule has 4 aromatic heterocycles. The molecule has 184 valence electrons. The summed E-state index contributed by atoms with van der Waals surface area (Å²) in [5.41, 5.74) is 4.65. The van der Waals surface area contributed by atoms with Gasteiger partial charge in [0.1, 0.15) is 5.52 Å². The number of halogens is 1. The van der Waals surface area contributed by atoms with E-state index in [-0.39, 0.29) is 17.9 Å². The van der Waals surface area contributed by atoms with Crippen LogP contribution in [0.25, 0.3) is 44.6 Å². The SMILES string of the molecule is O=C(Cc1cc2nc(-c3cc(Cl)c4ncccc4c3)c(-c3ccccc3)nc2[nH]c1=O)Nc1cccnc1. The van der Waals surface area contributed by atoms with E-state index in [2.05, 4.69) is 20.3 Å². The number of hydrogen-bond acceptors (Lipinski definition) is 6. The lowest BCUT2D eigenvalue weighted by Gasteiger charge is -2.12. The largest absolute Gasteiger partial charge is 0.324 e. The first kappa shape index (κ1) is 23.4. The van der Waals surface area contributed by atoms with E-state index in [1.807, 2.05) is 54.6 Å². The van der Waals surface area contributed by atoms with Crippen LogP contribution in [0.15, 0.2) is 96.2 Å². The molecule has 0 fully saturated rings. The highest BCUT2D eigenvalue weighted by Gasteiger charge is 2.17. The highest BCUT2D eigenvalue weighted by Crippen LogP contribution is 2.34. The number of aromatic amines is 1. The highest BCUT2D eigenvalue weighted by atomic mass is 35.5. The van der Waals surface area contributed by atoms with Gasteiger partial charge in [0.05, 0.1) is 40.2 Å². The summed E-state index contributed by atoms with van der Waals surface area (Å²) in [6, 6.07) is 22.2. The standard InChI is InChI=1S/C29H19ClN6O2/c30-22-13-19(12-18-8-4-11-32-25(18)22)27-26(17-6-2-1-3-7-17)35-28-23(34-27)14-20(29(38)36-28)15-24(37)33-21-9-5-10-31-16-21/h1-14,16H,15H2,(H,33,37)(H,35,36,38). The summed E-state index contributed by atoms with van der Waals surface area (Å²) in [6.07, 6.45) is 4.71. The summed E-state index contributed by atoms with van der Waals surface area (Å²) in [4.78, 5) is 46.4. The Morgan fingerprint density at radius 2 is 1.71 bits per heavy atom. The highest BCUT2D eigenvalue weighted by molar-refractivity contribution is 6.35. The minimum Gasteiger partial charge on any atom is -0.324 e. The van der Waals surface area contributed by atoms with Crippen LogP contribution in [0.4, 0.5) is 5.69 Å². The number of carbonyl (C=O) groups is 1. The molecule has 2 aromatic carbocycles. The molecular weight excluding hydrogens is 500 g/mol. The average Bonchev–Trinajstić information content (AvgIpc) is 2.94. The van der Waals surface area contributed by atoms with Crippen LogP contribution in [-0.4, -0.2) is 30.8 Å². The van der Waals surface area contributed by atoms with Crippen molar-refractivity contribution < 1.29 is 4.79 Å². The Morgan fingerprint density at radius 3 is 2.53 bits per heavy atom. The first-order chi connectivity index (χ1) is 18.5. The first-order valence-electron chi connectivity index (χ1n) is 11.8. The van der Waals surface area contributed by atoms with Crippen molar-refractivity contribution in [3.63, 3.8) is 0 Å². The lowest BCUT2D eigenvalue weighted by Crippen LogP contribution is -2.21. The predicted molar refractivity (Wildman–Crippen MR) is 148 cm³/mol. The van der Waals surface area contributed by atoms with Crippen LogP contribution in [0, 0.1) is 0 Å².